The molecule has 2 amide bonds. The van der Waals surface area contributed by atoms with Gasteiger partial charge in [0.2, 0.25) is 5.91 Å². The summed E-state index contributed by atoms with van der Waals surface area (Å²) in [5, 5.41) is 5.56. The van der Waals surface area contributed by atoms with Crippen LogP contribution < -0.4 is 10.6 Å². The zero-order chi connectivity index (χ0) is 21.6. The predicted molar refractivity (Wildman–Crippen MR) is 110 cm³/mol. The average Bonchev–Trinajstić information content (AvgIpc) is 3.03. The smallest absolute Gasteiger partial charge is 0.341 e. The number of carbonyl (C=O) groups is 4. The van der Waals surface area contributed by atoms with Crippen LogP contribution >= 0.6 is 11.3 Å². The standard InChI is InChI=1S/C20H22N2O6S/c1-5-14(23)22-18-15(20(26)28-6-2)11(3)16(29-18)17(24)21-13-10-8-7-9-12(13)19(25)27-4/h7-10H,5-6H2,1-4H3,(H,21,24)(H,22,23). The molecule has 2 N–H and O–H groups in total. The quantitative estimate of drug-likeness (QED) is 0.665. The van der Waals surface area contributed by atoms with Crippen molar-refractivity contribution in [3.63, 3.8) is 0 Å². The van der Waals surface area contributed by atoms with Crippen molar-refractivity contribution < 1.29 is 28.7 Å². The van der Waals surface area contributed by atoms with Crippen LogP contribution in [0.25, 0.3) is 0 Å². The number of carbonyl (C=O) groups excluding carboxylic acids is 4. The molecule has 2 rings (SSSR count). The van der Waals surface area contributed by atoms with E-state index in [-0.39, 0.29) is 45.6 Å². The molecule has 0 aliphatic rings. The molecule has 0 aliphatic heterocycles. The predicted octanol–water partition coefficient (Wildman–Crippen LogP) is 3.62. The van der Waals surface area contributed by atoms with E-state index >= 15 is 0 Å². The molecule has 0 bridgehead atoms. The summed E-state index contributed by atoms with van der Waals surface area (Å²) in [7, 11) is 1.25. The highest BCUT2D eigenvalue weighted by Gasteiger charge is 2.27. The van der Waals surface area contributed by atoms with Crippen LogP contribution in [0.15, 0.2) is 24.3 Å². The first-order valence-electron chi connectivity index (χ1n) is 8.93. The molecule has 0 saturated carbocycles. The lowest BCUT2D eigenvalue weighted by Crippen LogP contribution is -2.16. The summed E-state index contributed by atoms with van der Waals surface area (Å²) in [5.74, 6) is -2.03. The van der Waals surface area contributed by atoms with Gasteiger partial charge in [0.1, 0.15) is 5.00 Å². The maximum absolute atomic E-state index is 12.9. The molecule has 0 atom stereocenters. The van der Waals surface area contributed by atoms with Crippen molar-refractivity contribution in [3.05, 3.63) is 45.8 Å². The molecule has 9 heteroatoms. The first-order valence-corrected chi connectivity index (χ1v) is 9.74. The third-order valence-corrected chi connectivity index (χ3v) is 5.19. The van der Waals surface area contributed by atoms with Gasteiger partial charge in [-0.15, -0.1) is 11.3 Å². The molecule has 8 nitrogen and oxygen atoms in total. The minimum Gasteiger partial charge on any atom is -0.465 e. The van der Waals surface area contributed by atoms with Crippen LogP contribution in [0.4, 0.5) is 10.7 Å². The fourth-order valence-electron chi connectivity index (χ4n) is 2.54. The Balaban J connectivity index is 2.43. The monoisotopic (exact) mass is 418 g/mol. The van der Waals surface area contributed by atoms with Crippen molar-refractivity contribution in [1.29, 1.82) is 0 Å². The van der Waals surface area contributed by atoms with Crippen LogP contribution in [-0.2, 0) is 14.3 Å². The Labute approximate surface area is 172 Å². The number of anilines is 2. The minimum absolute atomic E-state index is 0.144. The Bertz CT molecular complexity index is 950. The lowest BCUT2D eigenvalue weighted by molar-refractivity contribution is -0.115. The Kier molecular flexibility index (Phi) is 7.49. The van der Waals surface area contributed by atoms with Crippen LogP contribution in [0.5, 0.6) is 0 Å². The van der Waals surface area contributed by atoms with Gasteiger partial charge in [-0.25, -0.2) is 9.59 Å². The molecule has 0 fully saturated rings. The summed E-state index contributed by atoms with van der Waals surface area (Å²) in [6.45, 7) is 5.10. The largest absolute Gasteiger partial charge is 0.465 e. The molecule has 0 saturated heterocycles. The number of hydrogen-bond donors (Lipinski definition) is 2. The van der Waals surface area contributed by atoms with E-state index in [1.54, 1.807) is 39.0 Å². The highest BCUT2D eigenvalue weighted by Crippen LogP contribution is 2.34. The summed E-state index contributed by atoms with van der Waals surface area (Å²) >= 11 is 0.970. The number of ether oxygens (including phenoxy) is 2. The average molecular weight is 418 g/mol. The van der Waals surface area contributed by atoms with Gasteiger partial charge >= 0.3 is 11.9 Å². The third-order valence-electron chi connectivity index (χ3n) is 3.99. The number of rotatable bonds is 7. The first-order chi connectivity index (χ1) is 13.8. The highest BCUT2D eigenvalue weighted by molar-refractivity contribution is 7.18. The zero-order valence-electron chi connectivity index (χ0n) is 16.6. The van der Waals surface area contributed by atoms with Crippen LogP contribution in [0.2, 0.25) is 0 Å². The van der Waals surface area contributed by atoms with Gasteiger partial charge in [-0.05, 0) is 31.5 Å². The molecular formula is C20H22N2O6S. The molecule has 2 aromatic rings. The van der Waals surface area contributed by atoms with Crippen LogP contribution in [0, 0.1) is 6.92 Å². The SMILES string of the molecule is CCOC(=O)c1c(NC(=O)CC)sc(C(=O)Nc2ccccc2C(=O)OC)c1C. The molecule has 0 aliphatic carbocycles. The number of nitrogens with one attached hydrogen (secondary N) is 2. The van der Waals surface area contributed by atoms with Gasteiger partial charge < -0.3 is 20.1 Å². The number of methoxy groups -OCH3 is 1. The summed E-state index contributed by atoms with van der Waals surface area (Å²) < 4.78 is 9.79. The second-order valence-corrected chi connectivity index (χ2v) is 6.89. The molecule has 1 aromatic heterocycles. The van der Waals surface area contributed by atoms with E-state index in [2.05, 4.69) is 10.6 Å². The van der Waals surface area contributed by atoms with Gasteiger partial charge in [-0.2, -0.15) is 0 Å². The lowest BCUT2D eigenvalue weighted by Gasteiger charge is -2.09. The van der Waals surface area contributed by atoms with Gasteiger partial charge in [0.15, 0.2) is 0 Å². The maximum atomic E-state index is 12.9. The zero-order valence-corrected chi connectivity index (χ0v) is 17.4. The molecule has 154 valence electrons. The van der Waals surface area contributed by atoms with E-state index in [4.69, 9.17) is 9.47 Å². The summed E-state index contributed by atoms with van der Waals surface area (Å²) in [6, 6.07) is 6.41. The molecule has 0 unspecified atom stereocenters. The molecule has 0 radical (unpaired) electrons. The number of hydrogen-bond acceptors (Lipinski definition) is 7. The summed E-state index contributed by atoms with van der Waals surface area (Å²) in [4.78, 5) is 49.2. The van der Waals surface area contributed by atoms with Crippen molar-refractivity contribution >= 4 is 45.8 Å². The van der Waals surface area contributed by atoms with Crippen LogP contribution in [0.3, 0.4) is 0 Å². The van der Waals surface area contributed by atoms with Gasteiger partial charge in [0.05, 0.1) is 35.4 Å². The van der Waals surface area contributed by atoms with Gasteiger partial charge in [0, 0.05) is 6.42 Å². The first kappa shape index (κ1) is 22.1. The van der Waals surface area contributed by atoms with Crippen molar-refractivity contribution in [2.45, 2.75) is 27.2 Å². The Hall–Kier alpha value is -3.20. The number of benzene rings is 1. The van der Waals surface area contributed by atoms with Gasteiger partial charge in [-0.3, -0.25) is 9.59 Å². The lowest BCUT2D eigenvalue weighted by atomic mass is 10.1. The normalized spacial score (nSPS) is 10.2. The summed E-state index contributed by atoms with van der Waals surface area (Å²) in [5.41, 5.74) is 0.995. The molecule has 29 heavy (non-hydrogen) atoms. The van der Waals surface area contributed by atoms with E-state index in [1.807, 2.05) is 0 Å². The highest BCUT2D eigenvalue weighted by atomic mass is 32.1. The van der Waals surface area contributed by atoms with E-state index < -0.39 is 17.8 Å². The van der Waals surface area contributed by atoms with Crippen LogP contribution in [-0.4, -0.2) is 37.5 Å². The second-order valence-electron chi connectivity index (χ2n) is 5.87. The third kappa shape index (κ3) is 5.00. The van der Waals surface area contributed by atoms with E-state index in [0.717, 1.165) is 11.3 Å². The van der Waals surface area contributed by atoms with Gasteiger partial charge in [-0.1, -0.05) is 19.1 Å². The topological polar surface area (TPSA) is 111 Å². The van der Waals surface area contributed by atoms with E-state index in [1.165, 1.54) is 13.2 Å². The molecular weight excluding hydrogens is 396 g/mol. The second kappa shape index (κ2) is 9.83. The number of para-hydroxylation sites is 1. The van der Waals surface area contributed by atoms with E-state index in [0.29, 0.717) is 5.56 Å². The van der Waals surface area contributed by atoms with Crippen molar-refractivity contribution in [2.75, 3.05) is 24.4 Å². The molecule has 0 spiro atoms. The van der Waals surface area contributed by atoms with Gasteiger partial charge in [0.25, 0.3) is 5.91 Å². The number of amides is 2. The molecule has 1 heterocycles. The maximum Gasteiger partial charge on any atom is 0.341 e. The van der Waals surface area contributed by atoms with E-state index in [9.17, 15) is 19.2 Å². The van der Waals surface area contributed by atoms with Crippen LogP contribution in [0.1, 0.15) is 56.2 Å². The molecule has 1 aromatic carbocycles. The summed E-state index contributed by atoms with van der Waals surface area (Å²) in [6.07, 6.45) is 0.216. The fraction of sp³-hybridized carbons (Fsp3) is 0.300. The number of thiophene rings is 1. The fourth-order valence-corrected chi connectivity index (χ4v) is 3.65. The van der Waals surface area contributed by atoms with Crippen molar-refractivity contribution in [2.24, 2.45) is 0 Å². The Morgan fingerprint density at radius 1 is 1.03 bits per heavy atom. The van der Waals surface area contributed by atoms with Crippen molar-refractivity contribution in [3.8, 4) is 0 Å². The minimum atomic E-state index is -0.623. The number of esters is 2. The Morgan fingerprint density at radius 3 is 2.34 bits per heavy atom. The van der Waals surface area contributed by atoms with Crippen molar-refractivity contribution in [1.82, 2.24) is 0 Å². The Morgan fingerprint density at radius 2 is 1.72 bits per heavy atom.